The summed E-state index contributed by atoms with van der Waals surface area (Å²) in [6.07, 6.45) is 1.56. The third-order valence-corrected chi connectivity index (χ3v) is 4.65. The van der Waals surface area contributed by atoms with Crippen LogP contribution in [0.1, 0.15) is 25.7 Å². The molecular weight excluding hydrogens is 274 g/mol. The van der Waals surface area contributed by atoms with Gasteiger partial charge in [0.15, 0.2) is 0 Å². The predicted molar refractivity (Wildman–Crippen MR) is 53.3 cm³/mol. The predicted octanol–water partition coefficient (Wildman–Crippen LogP) is 4.80. The van der Waals surface area contributed by atoms with Crippen molar-refractivity contribution in [2.45, 2.75) is 47.2 Å². The van der Waals surface area contributed by atoms with E-state index in [4.69, 9.17) is 0 Å². The average Bonchev–Trinajstić information content (AvgIpc) is 2.03. The van der Waals surface area contributed by atoms with Crippen LogP contribution in [0.25, 0.3) is 0 Å². The van der Waals surface area contributed by atoms with Gasteiger partial charge in [0, 0.05) is 10.5 Å². The summed E-state index contributed by atoms with van der Waals surface area (Å²) < 4.78 is 72.7. The second-order valence-corrected chi connectivity index (χ2v) is 6.10. The van der Waals surface area contributed by atoms with Crippen molar-refractivity contribution in [2.24, 2.45) is 0 Å². The van der Waals surface area contributed by atoms with E-state index in [1.807, 2.05) is 0 Å². The van der Waals surface area contributed by atoms with Gasteiger partial charge in [-0.15, -0.1) is 0 Å². The zero-order valence-electron chi connectivity index (χ0n) is 8.07. The molecule has 0 aromatic rings. The number of rotatable bonds is 2. The Kier molecular flexibility index (Phi) is 4.74. The van der Waals surface area contributed by atoms with Gasteiger partial charge in [-0.3, -0.25) is 0 Å². The Hall–Kier alpha value is 0.280. The maximum atomic E-state index is 12.1. The van der Waals surface area contributed by atoms with E-state index in [0.717, 1.165) is 0 Å². The average molecular weight is 284 g/mol. The fourth-order valence-corrected chi connectivity index (χ4v) is 3.84. The molecule has 8 heteroatoms. The van der Waals surface area contributed by atoms with Gasteiger partial charge in [0.25, 0.3) is 0 Å². The Morgan fingerprint density at radius 1 is 0.688 bits per heavy atom. The normalized spacial score (nSPS) is 28.1. The Bertz CT molecular complexity index is 200. The third-order valence-electron chi connectivity index (χ3n) is 2.21. The molecule has 0 saturated heterocycles. The first-order valence-electron chi connectivity index (χ1n) is 4.66. The lowest BCUT2D eigenvalue weighted by Crippen LogP contribution is -2.29. The van der Waals surface area contributed by atoms with Crippen molar-refractivity contribution in [3.8, 4) is 0 Å². The highest BCUT2D eigenvalue weighted by molar-refractivity contribution is 8.04. The van der Waals surface area contributed by atoms with Crippen LogP contribution in [0.15, 0.2) is 0 Å². The Balaban J connectivity index is 2.57. The van der Waals surface area contributed by atoms with E-state index in [-0.39, 0.29) is 36.4 Å². The molecule has 0 bridgehead atoms. The summed E-state index contributed by atoms with van der Waals surface area (Å²) in [5.74, 6) is 0. The highest BCUT2D eigenvalue weighted by Crippen LogP contribution is 2.47. The van der Waals surface area contributed by atoms with Gasteiger partial charge in [0.1, 0.15) is 0 Å². The number of hydrogen-bond donors (Lipinski definition) is 0. The first-order chi connectivity index (χ1) is 7.17. The molecule has 1 saturated carbocycles. The van der Waals surface area contributed by atoms with Crippen LogP contribution >= 0.6 is 23.5 Å². The van der Waals surface area contributed by atoms with Crippen molar-refractivity contribution in [1.29, 1.82) is 0 Å². The summed E-state index contributed by atoms with van der Waals surface area (Å²) in [6, 6.07) is 0. The lowest BCUT2D eigenvalue weighted by atomic mass is 10.00. The highest BCUT2D eigenvalue weighted by atomic mass is 32.2. The first-order valence-corrected chi connectivity index (χ1v) is 6.42. The van der Waals surface area contributed by atoms with Crippen LogP contribution in [0.4, 0.5) is 26.3 Å². The fraction of sp³-hybridized carbons (Fsp3) is 1.00. The molecule has 0 N–H and O–H groups in total. The minimum absolute atomic E-state index is 0.206. The largest absolute Gasteiger partial charge is 0.442 e. The van der Waals surface area contributed by atoms with Crippen LogP contribution in [-0.4, -0.2) is 21.5 Å². The first kappa shape index (κ1) is 14.3. The zero-order chi connectivity index (χ0) is 12.4. The maximum Gasteiger partial charge on any atom is 0.442 e. The van der Waals surface area contributed by atoms with Gasteiger partial charge < -0.3 is 0 Å². The molecule has 0 radical (unpaired) electrons. The molecule has 0 nitrogen and oxygen atoms in total. The number of halogens is 6. The van der Waals surface area contributed by atoms with Crippen LogP contribution in [0.3, 0.4) is 0 Å². The summed E-state index contributed by atoms with van der Waals surface area (Å²) in [7, 11) is 0. The number of thioether (sulfide) groups is 2. The quantitative estimate of drug-likeness (QED) is 0.668. The molecule has 1 fully saturated rings. The van der Waals surface area contributed by atoms with Crippen LogP contribution in [0.2, 0.25) is 0 Å². The molecule has 16 heavy (non-hydrogen) atoms. The molecule has 0 aliphatic heterocycles. The van der Waals surface area contributed by atoms with E-state index in [2.05, 4.69) is 0 Å². The van der Waals surface area contributed by atoms with E-state index in [9.17, 15) is 26.3 Å². The van der Waals surface area contributed by atoms with E-state index in [0.29, 0.717) is 12.8 Å². The number of hydrogen-bond acceptors (Lipinski definition) is 2. The molecular formula is C8H10F6S2. The molecule has 96 valence electrons. The van der Waals surface area contributed by atoms with Crippen molar-refractivity contribution in [3.05, 3.63) is 0 Å². The lowest BCUT2D eigenvalue weighted by Gasteiger charge is -2.31. The summed E-state index contributed by atoms with van der Waals surface area (Å²) >= 11 is -0.589. The Labute approximate surface area is 97.5 Å². The van der Waals surface area contributed by atoms with Gasteiger partial charge in [-0.1, -0.05) is 12.8 Å². The van der Waals surface area contributed by atoms with E-state index >= 15 is 0 Å². The zero-order valence-corrected chi connectivity index (χ0v) is 9.70. The number of alkyl halides is 6. The Morgan fingerprint density at radius 2 is 1.00 bits per heavy atom. The van der Waals surface area contributed by atoms with Gasteiger partial charge in [0.2, 0.25) is 0 Å². The molecule has 2 unspecified atom stereocenters. The molecule has 0 spiro atoms. The van der Waals surface area contributed by atoms with E-state index < -0.39 is 21.5 Å². The Morgan fingerprint density at radius 3 is 1.25 bits per heavy atom. The second kappa shape index (κ2) is 5.29. The van der Waals surface area contributed by atoms with Gasteiger partial charge in [-0.25, -0.2) is 0 Å². The molecule has 0 heterocycles. The van der Waals surface area contributed by atoms with E-state index in [1.165, 1.54) is 0 Å². The smallest absolute Gasteiger partial charge is 0.160 e. The van der Waals surface area contributed by atoms with Gasteiger partial charge in [-0.05, 0) is 36.4 Å². The summed E-state index contributed by atoms with van der Waals surface area (Å²) in [4.78, 5) is 0. The van der Waals surface area contributed by atoms with Crippen LogP contribution in [0.5, 0.6) is 0 Å². The second-order valence-electron chi connectivity index (χ2n) is 3.49. The van der Waals surface area contributed by atoms with E-state index in [1.54, 1.807) is 0 Å². The minimum atomic E-state index is -4.45. The minimum Gasteiger partial charge on any atom is -0.160 e. The topological polar surface area (TPSA) is 0 Å². The van der Waals surface area contributed by atoms with Crippen LogP contribution in [-0.2, 0) is 0 Å². The summed E-state index contributed by atoms with van der Waals surface area (Å²) in [6.45, 7) is 0. The SMILES string of the molecule is FC(F)(F)SC1CCCCC1SC(F)(F)F. The van der Waals surface area contributed by atoms with Crippen molar-refractivity contribution in [3.63, 3.8) is 0 Å². The highest BCUT2D eigenvalue weighted by Gasteiger charge is 2.42. The third kappa shape index (κ3) is 5.56. The van der Waals surface area contributed by atoms with Gasteiger partial charge in [-0.2, -0.15) is 26.3 Å². The fourth-order valence-electron chi connectivity index (χ4n) is 1.68. The van der Waals surface area contributed by atoms with Crippen molar-refractivity contribution in [2.75, 3.05) is 0 Å². The summed E-state index contributed by atoms with van der Waals surface area (Å²) in [5, 5.41) is -1.94. The molecule has 0 aromatic carbocycles. The molecule has 0 amide bonds. The molecule has 1 rings (SSSR count). The maximum absolute atomic E-state index is 12.1. The molecule has 0 aromatic heterocycles. The standard InChI is InChI=1S/C8H10F6S2/c9-7(10,11)15-5-3-1-2-4-6(5)16-8(12,13)14/h5-6H,1-4H2. The monoisotopic (exact) mass is 284 g/mol. The van der Waals surface area contributed by atoms with Crippen molar-refractivity contribution < 1.29 is 26.3 Å². The molecule has 1 aliphatic carbocycles. The van der Waals surface area contributed by atoms with Crippen LogP contribution < -0.4 is 0 Å². The summed E-state index contributed by atoms with van der Waals surface area (Å²) in [5.41, 5.74) is -8.90. The van der Waals surface area contributed by atoms with Crippen molar-refractivity contribution >= 4 is 23.5 Å². The van der Waals surface area contributed by atoms with Crippen molar-refractivity contribution in [1.82, 2.24) is 0 Å². The molecule has 2 atom stereocenters. The lowest BCUT2D eigenvalue weighted by molar-refractivity contribution is -0.0359. The molecule has 1 aliphatic rings. The van der Waals surface area contributed by atoms with Gasteiger partial charge in [0.05, 0.1) is 0 Å². The van der Waals surface area contributed by atoms with Crippen LogP contribution in [0, 0.1) is 0 Å². The van der Waals surface area contributed by atoms with Gasteiger partial charge >= 0.3 is 11.0 Å².